The van der Waals surface area contributed by atoms with E-state index in [1.807, 2.05) is 0 Å². The summed E-state index contributed by atoms with van der Waals surface area (Å²) >= 11 is 13.8. The predicted molar refractivity (Wildman–Crippen MR) is 110 cm³/mol. The summed E-state index contributed by atoms with van der Waals surface area (Å²) in [7, 11) is 0. The molecule has 3 aromatic rings. The second-order valence-corrected chi connectivity index (χ2v) is 8.40. The summed E-state index contributed by atoms with van der Waals surface area (Å²) in [4.78, 5) is 24.1. The standard InChI is InChI=1S/C17H10Cl2F2N4O2S2/c18-9-5-4-8(6-10(9)19)22-13(26)7-28-17-25-24-16(29-17)23-15(27)14-11(20)2-1-3-12(14)21/h1-6H,7H2,(H,22,26)(H,23,24,27). The fourth-order valence-corrected chi connectivity index (χ4v) is 3.94. The lowest BCUT2D eigenvalue weighted by atomic mass is 10.2. The molecular weight excluding hydrogens is 465 g/mol. The number of halogens is 4. The minimum atomic E-state index is -0.986. The summed E-state index contributed by atoms with van der Waals surface area (Å²) < 4.78 is 27.7. The van der Waals surface area contributed by atoms with E-state index in [2.05, 4.69) is 20.8 Å². The molecule has 6 nitrogen and oxygen atoms in total. The summed E-state index contributed by atoms with van der Waals surface area (Å²) in [5.74, 6) is -3.25. The van der Waals surface area contributed by atoms with E-state index in [9.17, 15) is 18.4 Å². The minimum absolute atomic E-state index is 0.0186. The monoisotopic (exact) mass is 474 g/mol. The van der Waals surface area contributed by atoms with Crippen molar-refractivity contribution in [1.29, 1.82) is 0 Å². The highest BCUT2D eigenvalue weighted by atomic mass is 35.5. The Balaban J connectivity index is 1.55. The van der Waals surface area contributed by atoms with Gasteiger partial charge in [-0.2, -0.15) is 0 Å². The summed E-state index contributed by atoms with van der Waals surface area (Å²) in [6, 6.07) is 7.80. The number of hydrogen-bond donors (Lipinski definition) is 2. The van der Waals surface area contributed by atoms with Gasteiger partial charge in [0, 0.05) is 5.69 Å². The Bertz CT molecular complexity index is 1060. The molecule has 2 aromatic carbocycles. The molecule has 0 aliphatic heterocycles. The van der Waals surface area contributed by atoms with Crippen molar-refractivity contribution in [2.45, 2.75) is 4.34 Å². The zero-order valence-electron chi connectivity index (χ0n) is 14.2. The van der Waals surface area contributed by atoms with Crippen LogP contribution in [0.15, 0.2) is 40.7 Å². The number of carbonyl (C=O) groups is 2. The Hall–Kier alpha value is -2.27. The Labute approximate surface area is 181 Å². The fraction of sp³-hybridized carbons (Fsp3) is 0.0588. The number of amides is 2. The van der Waals surface area contributed by atoms with Gasteiger partial charge in [-0.3, -0.25) is 14.9 Å². The molecule has 12 heteroatoms. The van der Waals surface area contributed by atoms with Crippen LogP contribution >= 0.6 is 46.3 Å². The molecule has 0 saturated carbocycles. The molecule has 3 rings (SSSR count). The van der Waals surface area contributed by atoms with E-state index in [1.165, 1.54) is 6.07 Å². The third kappa shape index (κ3) is 5.63. The Morgan fingerprint density at radius 2 is 1.76 bits per heavy atom. The molecule has 1 heterocycles. The van der Waals surface area contributed by atoms with Crippen LogP contribution in [0.4, 0.5) is 19.6 Å². The maximum absolute atomic E-state index is 13.6. The van der Waals surface area contributed by atoms with Crippen LogP contribution in [-0.4, -0.2) is 27.8 Å². The molecule has 2 N–H and O–H groups in total. The molecule has 0 atom stereocenters. The number of aromatic nitrogens is 2. The number of anilines is 2. The fourth-order valence-electron chi connectivity index (χ4n) is 2.09. The summed E-state index contributed by atoms with van der Waals surface area (Å²) in [6.07, 6.45) is 0. The normalized spacial score (nSPS) is 10.6. The Morgan fingerprint density at radius 3 is 2.45 bits per heavy atom. The van der Waals surface area contributed by atoms with Crippen LogP contribution < -0.4 is 10.6 Å². The first-order valence-corrected chi connectivity index (χ1v) is 10.4. The molecule has 0 bridgehead atoms. The third-order valence-electron chi connectivity index (χ3n) is 3.35. The van der Waals surface area contributed by atoms with Crippen molar-refractivity contribution >= 4 is 68.9 Å². The second-order valence-electron chi connectivity index (χ2n) is 5.39. The van der Waals surface area contributed by atoms with Gasteiger partial charge in [-0.15, -0.1) is 10.2 Å². The van der Waals surface area contributed by atoms with Gasteiger partial charge in [0.25, 0.3) is 5.91 Å². The molecule has 0 radical (unpaired) electrons. The highest BCUT2D eigenvalue weighted by molar-refractivity contribution is 8.01. The van der Waals surface area contributed by atoms with E-state index in [1.54, 1.807) is 12.1 Å². The molecule has 2 amide bonds. The van der Waals surface area contributed by atoms with Gasteiger partial charge in [-0.05, 0) is 30.3 Å². The van der Waals surface area contributed by atoms with Crippen molar-refractivity contribution in [2.75, 3.05) is 16.4 Å². The van der Waals surface area contributed by atoms with Gasteiger partial charge in [0.15, 0.2) is 4.34 Å². The number of thioether (sulfide) groups is 1. The number of carbonyl (C=O) groups excluding carboxylic acids is 2. The SMILES string of the molecule is O=C(CSc1nnc(NC(=O)c2c(F)cccc2F)s1)Nc1ccc(Cl)c(Cl)c1. The number of rotatable bonds is 6. The summed E-state index contributed by atoms with van der Waals surface area (Å²) in [6.45, 7) is 0. The van der Waals surface area contributed by atoms with Crippen molar-refractivity contribution in [3.63, 3.8) is 0 Å². The van der Waals surface area contributed by atoms with Crippen molar-refractivity contribution in [3.8, 4) is 0 Å². The van der Waals surface area contributed by atoms with Gasteiger partial charge in [0.2, 0.25) is 11.0 Å². The highest BCUT2D eigenvalue weighted by Crippen LogP contribution is 2.27. The molecule has 0 aliphatic carbocycles. The van der Waals surface area contributed by atoms with Crippen LogP contribution in [0.1, 0.15) is 10.4 Å². The smallest absolute Gasteiger partial charge is 0.263 e. The van der Waals surface area contributed by atoms with E-state index in [0.717, 1.165) is 41.3 Å². The van der Waals surface area contributed by atoms with Gasteiger partial charge in [0.1, 0.15) is 17.2 Å². The van der Waals surface area contributed by atoms with Crippen LogP contribution in [0.5, 0.6) is 0 Å². The van der Waals surface area contributed by atoms with Gasteiger partial charge in [0.05, 0.1) is 15.8 Å². The van der Waals surface area contributed by atoms with Crippen LogP contribution in [-0.2, 0) is 4.79 Å². The Morgan fingerprint density at radius 1 is 1.03 bits per heavy atom. The quantitative estimate of drug-likeness (QED) is 0.383. The van der Waals surface area contributed by atoms with Gasteiger partial charge in [-0.1, -0.05) is 52.4 Å². The first-order valence-electron chi connectivity index (χ1n) is 7.80. The maximum Gasteiger partial charge on any atom is 0.263 e. The van der Waals surface area contributed by atoms with Gasteiger partial charge >= 0.3 is 0 Å². The van der Waals surface area contributed by atoms with Crippen molar-refractivity contribution in [1.82, 2.24) is 10.2 Å². The maximum atomic E-state index is 13.6. The summed E-state index contributed by atoms with van der Waals surface area (Å²) in [5.41, 5.74) is -0.222. The van der Waals surface area contributed by atoms with Crippen molar-refractivity contribution in [3.05, 3.63) is 63.6 Å². The molecule has 0 aliphatic rings. The molecule has 29 heavy (non-hydrogen) atoms. The molecule has 150 valence electrons. The van der Waals surface area contributed by atoms with Crippen molar-refractivity contribution in [2.24, 2.45) is 0 Å². The number of nitrogens with one attached hydrogen (secondary N) is 2. The van der Waals surface area contributed by atoms with Gasteiger partial charge < -0.3 is 5.32 Å². The lowest BCUT2D eigenvalue weighted by molar-refractivity contribution is -0.113. The van der Waals surface area contributed by atoms with E-state index >= 15 is 0 Å². The van der Waals surface area contributed by atoms with E-state index in [-0.39, 0.29) is 16.8 Å². The predicted octanol–water partition coefficient (Wildman–Crippen LogP) is 5.11. The van der Waals surface area contributed by atoms with Crippen molar-refractivity contribution < 1.29 is 18.4 Å². The molecule has 0 fully saturated rings. The second kappa shape index (κ2) is 9.49. The largest absolute Gasteiger partial charge is 0.325 e. The first kappa shape index (κ1) is 21.4. The van der Waals surface area contributed by atoms with Crippen LogP contribution in [0.3, 0.4) is 0 Å². The molecular formula is C17H10Cl2F2N4O2S2. The lowest BCUT2D eigenvalue weighted by Gasteiger charge is -2.05. The van der Waals surface area contributed by atoms with E-state index in [4.69, 9.17) is 23.2 Å². The average Bonchev–Trinajstić information content (AvgIpc) is 3.10. The van der Waals surface area contributed by atoms with Crippen LogP contribution in [0, 0.1) is 11.6 Å². The van der Waals surface area contributed by atoms with E-state index in [0.29, 0.717) is 20.1 Å². The lowest BCUT2D eigenvalue weighted by Crippen LogP contribution is -2.15. The zero-order valence-corrected chi connectivity index (χ0v) is 17.4. The highest BCUT2D eigenvalue weighted by Gasteiger charge is 2.19. The average molecular weight is 475 g/mol. The topological polar surface area (TPSA) is 84.0 Å². The number of hydrogen-bond acceptors (Lipinski definition) is 6. The minimum Gasteiger partial charge on any atom is -0.325 e. The summed E-state index contributed by atoms with van der Waals surface area (Å²) in [5, 5.41) is 13.2. The van der Waals surface area contributed by atoms with Gasteiger partial charge in [-0.25, -0.2) is 8.78 Å². The van der Waals surface area contributed by atoms with Crippen LogP contribution in [0.2, 0.25) is 10.0 Å². The third-order valence-corrected chi connectivity index (χ3v) is 6.06. The number of benzene rings is 2. The Kier molecular flexibility index (Phi) is 7.01. The molecule has 1 aromatic heterocycles. The van der Waals surface area contributed by atoms with Crippen LogP contribution in [0.25, 0.3) is 0 Å². The molecule has 0 spiro atoms. The van der Waals surface area contributed by atoms with E-state index < -0.39 is 23.1 Å². The number of nitrogens with zero attached hydrogens (tertiary/aromatic N) is 2. The molecule has 0 saturated heterocycles. The first-order chi connectivity index (χ1) is 13.8. The molecule has 0 unspecified atom stereocenters. The zero-order chi connectivity index (χ0) is 21.0.